The fourth-order valence-electron chi connectivity index (χ4n) is 1.68. The molecule has 0 spiro atoms. The van der Waals surface area contributed by atoms with Gasteiger partial charge in [-0.1, -0.05) is 5.57 Å². The van der Waals surface area contributed by atoms with Crippen LogP contribution in [0.1, 0.15) is 34.1 Å². The molecule has 0 amide bonds. The summed E-state index contributed by atoms with van der Waals surface area (Å²) in [6.07, 6.45) is 3.24. The third-order valence-electron chi connectivity index (χ3n) is 1.85. The van der Waals surface area contributed by atoms with Crippen molar-refractivity contribution >= 4 is 5.71 Å². The molecule has 0 unspecified atom stereocenters. The van der Waals surface area contributed by atoms with Crippen molar-refractivity contribution in [3.8, 4) is 0 Å². The number of rotatable bonds is 0. The maximum absolute atomic E-state index is 4.70. The first-order valence-corrected chi connectivity index (χ1v) is 4.82. The molecule has 0 atom stereocenters. The van der Waals surface area contributed by atoms with E-state index in [0.29, 0.717) is 0 Å². The van der Waals surface area contributed by atoms with Gasteiger partial charge in [0.25, 0.3) is 0 Å². The van der Waals surface area contributed by atoms with E-state index < -0.39 is 0 Å². The SMILES string of the molecule is CC1=CN(C)CC(=NC(C)(C)C)C1. The van der Waals surface area contributed by atoms with Crippen LogP contribution < -0.4 is 0 Å². The number of hydrogen-bond acceptors (Lipinski definition) is 2. The van der Waals surface area contributed by atoms with Crippen molar-refractivity contribution in [3.63, 3.8) is 0 Å². The van der Waals surface area contributed by atoms with E-state index in [1.165, 1.54) is 11.3 Å². The van der Waals surface area contributed by atoms with Gasteiger partial charge < -0.3 is 4.90 Å². The van der Waals surface area contributed by atoms with Crippen LogP contribution in [0.5, 0.6) is 0 Å². The van der Waals surface area contributed by atoms with Gasteiger partial charge in [-0.15, -0.1) is 0 Å². The lowest BCUT2D eigenvalue weighted by molar-refractivity contribution is 0.495. The molecule has 0 aromatic rings. The zero-order valence-corrected chi connectivity index (χ0v) is 9.39. The first-order valence-electron chi connectivity index (χ1n) is 4.82. The minimum Gasteiger partial charge on any atom is -0.375 e. The second-order valence-corrected chi connectivity index (χ2v) is 4.92. The van der Waals surface area contributed by atoms with Crippen LogP contribution >= 0.6 is 0 Å². The summed E-state index contributed by atoms with van der Waals surface area (Å²) in [4.78, 5) is 6.90. The van der Waals surface area contributed by atoms with Gasteiger partial charge in [-0.2, -0.15) is 0 Å². The fourth-order valence-corrected chi connectivity index (χ4v) is 1.68. The fraction of sp³-hybridized carbons (Fsp3) is 0.727. The molecule has 0 saturated carbocycles. The van der Waals surface area contributed by atoms with E-state index in [4.69, 9.17) is 4.99 Å². The van der Waals surface area contributed by atoms with Gasteiger partial charge in [-0.05, 0) is 33.9 Å². The molecule has 0 saturated heterocycles. The molecular weight excluding hydrogens is 160 g/mol. The summed E-state index contributed by atoms with van der Waals surface area (Å²) in [7, 11) is 2.10. The largest absolute Gasteiger partial charge is 0.375 e. The van der Waals surface area contributed by atoms with Crippen molar-refractivity contribution in [2.45, 2.75) is 39.7 Å². The Bertz CT molecular complexity index is 243. The number of allylic oxidation sites excluding steroid dienone is 1. The standard InChI is InChI=1S/C11H20N2/c1-9-6-10(8-13(5)7-9)12-11(2,3)4/h7H,6,8H2,1-5H3. The van der Waals surface area contributed by atoms with Crippen LogP contribution in [-0.4, -0.2) is 29.7 Å². The van der Waals surface area contributed by atoms with Crippen molar-refractivity contribution in [1.82, 2.24) is 4.90 Å². The molecule has 2 heteroatoms. The molecule has 74 valence electrons. The van der Waals surface area contributed by atoms with Crippen LogP contribution in [0.25, 0.3) is 0 Å². The van der Waals surface area contributed by atoms with Gasteiger partial charge in [0.2, 0.25) is 0 Å². The van der Waals surface area contributed by atoms with Crippen LogP contribution in [0.2, 0.25) is 0 Å². The average molecular weight is 180 g/mol. The lowest BCUT2D eigenvalue weighted by Crippen LogP contribution is -2.28. The molecule has 2 nitrogen and oxygen atoms in total. The highest BCUT2D eigenvalue weighted by Crippen LogP contribution is 2.15. The molecule has 1 rings (SSSR count). The van der Waals surface area contributed by atoms with Crippen molar-refractivity contribution < 1.29 is 0 Å². The molecule has 0 aromatic heterocycles. The highest BCUT2D eigenvalue weighted by Gasteiger charge is 2.14. The molecule has 0 aromatic carbocycles. The van der Waals surface area contributed by atoms with Crippen molar-refractivity contribution in [3.05, 3.63) is 11.8 Å². The Morgan fingerprint density at radius 2 is 2.00 bits per heavy atom. The molecule has 13 heavy (non-hydrogen) atoms. The molecule has 0 radical (unpaired) electrons. The monoisotopic (exact) mass is 180 g/mol. The average Bonchev–Trinajstić information content (AvgIpc) is 1.78. The maximum Gasteiger partial charge on any atom is 0.0553 e. The third-order valence-corrected chi connectivity index (χ3v) is 1.85. The minimum absolute atomic E-state index is 0.0633. The number of nitrogens with zero attached hydrogens (tertiary/aromatic N) is 2. The van der Waals surface area contributed by atoms with Crippen LogP contribution in [-0.2, 0) is 0 Å². The normalized spacial score (nSPS) is 22.1. The van der Waals surface area contributed by atoms with Crippen LogP contribution in [0, 0.1) is 0 Å². The van der Waals surface area contributed by atoms with Crippen LogP contribution in [0.4, 0.5) is 0 Å². The lowest BCUT2D eigenvalue weighted by atomic mass is 10.0. The van der Waals surface area contributed by atoms with Gasteiger partial charge in [0.05, 0.1) is 12.1 Å². The third kappa shape index (κ3) is 3.62. The van der Waals surface area contributed by atoms with Gasteiger partial charge in [0, 0.05) is 19.2 Å². The second kappa shape index (κ2) is 3.52. The smallest absolute Gasteiger partial charge is 0.0553 e. The summed E-state index contributed by atoms with van der Waals surface area (Å²) in [5.41, 5.74) is 2.76. The van der Waals surface area contributed by atoms with E-state index >= 15 is 0 Å². The topological polar surface area (TPSA) is 15.6 Å². The van der Waals surface area contributed by atoms with E-state index in [-0.39, 0.29) is 5.54 Å². The molecule has 1 aliphatic heterocycles. The summed E-state index contributed by atoms with van der Waals surface area (Å²) in [6, 6.07) is 0. The Morgan fingerprint density at radius 1 is 1.38 bits per heavy atom. The Balaban J connectivity index is 2.76. The van der Waals surface area contributed by atoms with Crippen LogP contribution in [0.3, 0.4) is 0 Å². The predicted molar refractivity (Wildman–Crippen MR) is 58.2 cm³/mol. The molecular formula is C11H20N2. The summed E-state index contributed by atoms with van der Waals surface area (Å²) in [5, 5.41) is 0. The molecule has 0 N–H and O–H groups in total. The van der Waals surface area contributed by atoms with Crippen molar-refractivity contribution in [2.24, 2.45) is 4.99 Å². The maximum atomic E-state index is 4.70. The summed E-state index contributed by atoms with van der Waals surface area (Å²) in [5.74, 6) is 0. The van der Waals surface area contributed by atoms with E-state index in [9.17, 15) is 0 Å². The predicted octanol–water partition coefficient (Wildman–Crippen LogP) is 2.47. The summed E-state index contributed by atoms with van der Waals surface area (Å²) < 4.78 is 0. The number of aliphatic imine (C=N–C) groups is 1. The van der Waals surface area contributed by atoms with E-state index in [2.05, 4.69) is 45.8 Å². The first kappa shape index (κ1) is 10.3. The molecule has 1 heterocycles. The Kier molecular flexibility index (Phi) is 2.79. The van der Waals surface area contributed by atoms with Crippen LogP contribution in [0.15, 0.2) is 16.8 Å². The van der Waals surface area contributed by atoms with Crippen molar-refractivity contribution in [1.29, 1.82) is 0 Å². The Morgan fingerprint density at radius 3 is 2.46 bits per heavy atom. The van der Waals surface area contributed by atoms with E-state index in [1.54, 1.807) is 0 Å². The highest BCUT2D eigenvalue weighted by molar-refractivity contribution is 5.89. The zero-order valence-electron chi connectivity index (χ0n) is 9.39. The molecule has 0 bridgehead atoms. The zero-order chi connectivity index (χ0) is 10.1. The summed E-state index contributed by atoms with van der Waals surface area (Å²) >= 11 is 0. The lowest BCUT2D eigenvalue weighted by Gasteiger charge is -2.25. The Labute approximate surface area is 81.3 Å². The molecule has 1 aliphatic rings. The van der Waals surface area contributed by atoms with Gasteiger partial charge >= 0.3 is 0 Å². The first-order chi connectivity index (χ1) is 5.87. The van der Waals surface area contributed by atoms with Gasteiger partial charge in [-0.25, -0.2) is 0 Å². The van der Waals surface area contributed by atoms with E-state index in [1.807, 2.05) is 0 Å². The van der Waals surface area contributed by atoms with Gasteiger partial charge in [0.1, 0.15) is 0 Å². The quantitative estimate of drug-likeness (QED) is 0.559. The molecule has 0 aliphatic carbocycles. The summed E-state index contributed by atoms with van der Waals surface area (Å²) in [6.45, 7) is 9.58. The van der Waals surface area contributed by atoms with Gasteiger partial charge in [-0.3, -0.25) is 4.99 Å². The van der Waals surface area contributed by atoms with Crippen molar-refractivity contribution in [2.75, 3.05) is 13.6 Å². The Hall–Kier alpha value is -0.790. The molecule has 0 fully saturated rings. The second-order valence-electron chi connectivity index (χ2n) is 4.92. The van der Waals surface area contributed by atoms with Gasteiger partial charge in [0.15, 0.2) is 0 Å². The highest BCUT2D eigenvalue weighted by atomic mass is 15.1. The number of hydrogen-bond donors (Lipinski definition) is 0. The minimum atomic E-state index is 0.0633. The van der Waals surface area contributed by atoms with E-state index in [0.717, 1.165) is 13.0 Å².